The van der Waals surface area contributed by atoms with Crippen LogP contribution >= 0.6 is 0 Å². The van der Waals surface area contributed by atoms with Gasteiger partial charge in [0.05, 0.1) is 6.61 Å². The molecule has 3 rings (SSSR count). The fourth-order valence-corrected chi connectivity index (χ4v) is 4.84. The lowest BCUT2D eigenvalue weighted by atomic mass is 10.2. The number of aromatic nitrogens is 2. The molecule has 182 valence electrons. The molecule has 0 aliphatic rings. The van der Waals surface area contributed by atoms with Crippen molar-refractivity contribution in [3.8, 4) is 22.9 Å². The zero-order valence-corrected chi connectivity index (χ0v) is 20.4. The molecule has 2 aromatic carbocycles. The van der Waals surface area contributed by atoms with E-state index in [9.17, 15) is 13.2 Å². The Morgan fingerprint density at radius 3 is 2.35 bits per heavy atom. The third-order valence-corrected chi connectivity index (χ3v) is 6.93. The Morgan fingerprint density at radius 2 is 1.76 bits per heavy atom. The Morgan fingerprint density at radius 1 is 1.06 bits per heavy atom. The largest absolute Gasteiger partial charge is 0.492 e. The minimum absolute atomic E-state index is 0.00376. The molecular weight excluding hydrogens is 460 g/mol. The van der Waals surface area contributed by atoms with E-state index in [0.717, 1.165) is 5.56 Å². The van der Waals surface area contributed by atoms with Gasteiger partial charge in [-0.3, -0.25) is 4.79 Å². The Kier molecular flexibility index (Phi) is 8.24. The number of benzene rings is 2. The molecule has 10 nitrogen and oxygen atoms in total. The number of nitrogens with zero attached hydrogens (tertiary/aromatic N) is 3. The van der Waals surface area contributed by atoms with Crippen molar-refractivity contribution in [2.45, 2.75) is 32.6 Å². The summed E-state index contributed by atoms with van der Waals surface area (Å²) in [6.07, 6.45) is 0. The summed E-state index contributed by atoms with van der Waals surface area (Å²) in [5, 5.41) is 6.53. The van der Waals surface area contributed by atoms with Gasteiger partial charge in [-0.2, -0.15) is 9.29 Å². The van der Waals surface area contributed by atoms with Crippen LogP contribution in [0.25, 0.3) is 11.4 Å². The summed E-state index contributed by atoms with van der Waals surface area (Å²) in [7, 11) is -3.78. The second kappa shape index (κ2) is 11.1. The standard InChI is InChI=1S/C23H28N4O6S/c1-5-27(6-2)34(29,30)21-14-18(10-13-20(21)31-7-3)25-22(28)15-32-19-11-8-17(9-12-19)23-24-16(4)33-26-23/h8-14H,5-7,15H2,1-4H3,(H,25,28). The van der Waals surface area contributed by atoms with Gasteiger partial charge in [-0.25, -0.2) is 8.42 Å². The van der Waals surface area contributed by atoms with Crippen LogP contribution in [0, 0.1) is 6.92 Å². The van der Waals surface area contributed by atoms with Crippen molar-refractivity contribution in [1.29, 1.82) is 0 Å². The van der Waals surface area contributed by atoms with E-state index in [1.807, 2.05) is 0 Å². The van der Waals surface area contributed by atoms with Crippen molar-refractivity contribution < 1.29 is 27.2 Å². The topological polar surface area (TPSA) is 124 Å². The van der Waals surface area contributed by atoms with E-state index in [-0.39, 0.29) is 17.3 Å². The van der Waals surface area contributed by atoms with Crippen LogP contribution in [0.3, 0.4) is 0 Å². The predicted molar refractivity (Wildman–Crippen MR) is 126 cm³/mol. The van der Waals surface area contributed by atoms with Gasteiger partial charge in [-0.05, 0) is 49.4 Å². The van der Waals surface area contributed by atoms with Crippen molar-refractivity contribution in [3.05, 3.63) is 48.4 Å². The molecule has 34 heavy (non-hydrogen) atoms. The van der Waals surface area contributed by atoms with E-state index in [1.165, 1.54) is 16.4 Å². The zero-order valence-electron chi connectivity index (χ0n) is 19.6. The Bertz CT molecular complexity index is 1220. The highest BCUT2D eigenvalue weighted by Crippen LogP contribution is 2.30. The highest BCUT2D eigenvalue weighted by atomic mass is 32.2. The van der Waals surface area contributed by atoms with Gasteiger partial charge in [-0.15, -0.1) is 0 Å². The molecule has 3 aromatic rings. The first kappa shape index (κ1) is 25.2. The highest BCUT2D eigenvalue weighted by Gasteiger charge is 2.26. The molecule has 0 saturated carbocycles. The average molecular weight is 489 g/mol. The van der Waals surface area contributed by atoms with E-state index < -0.39 is 15.9 Å². The molecule has 0 aliphatic carbocycles. The molecule has 1 amide bonds. The predicted octanol–water partition coefficient (Wildman–Crippen LogP) is 3.49. The fraction of sp³-hybridized carbons (Fsp3) is 0.348. The number of hydrogen-bond acceptors (Lipinski definition) is 8. The van der Waals surface area contributed by atoms with E-state index in [1.54, 1.807) is 58.0 Å². The summed E-state index contributed by atoms with van der Waals surface area (Å²) in [6.45, 7) is 7.70. The monoisotopic (exact) mass is 488 g/mol. The minimum Gasteiger partial charge on any atom is -0.492 e. The van der Waals surface area contributed by atoms with Crippen molar-refractivity contribution >= 4 is 21.6 Å². The van der Waals surface area contributed by atoms with Gasteiger partial charge in [-0.1, -0.05) is 19.0 Å². The molecule has 1 N–H and O–H groups in total. The van der Waals surface area contributed by atoms with Crippen LogP contribution in [0.4, 0.5) is 5.69 Å². The van der Waals surface area contributed by atoms with Gasteiger partial charge in [0.2, 0.25) is 21.7 Å². The second-order valence-corrected chi connectivity index (χ2v) is 9.09. The normalized spacial score (nSPS) is 11.4. The molecule has 0 spiro atoms. The average Bonchev–Trinajstić information content (AvgIpc) is 3.26. The number of carbonyl (C=O) groups is 1. The highest BCUT2D eigenvalue weighted by molar-refractivity contribution is 7.89. The quantitative estimate of drug-likeness (QED) is 0.435. The van der Waals surface area contributed by atoms with Crippen LogP contribution in [0.5, 0.6) is 11.5 Å². The molecule has 1 aromatic heterocycles. The lowest BCUT2D eigenvalue weighted by Gasteiger charge is -2.21. The van der Waals surface area contributed by atoms with E-state index >= 15 is 0 Å². The van der Waals surface area contributed by atoms with Crippen molar-refractivity contribution in [2.24, 2.45) is 0 Å². The number of hydrogen-bond donors (Lipinski definition) is 1. The van der Waals surface area contributed by atoms with Gasteiger partial charge in [0.1, 0.15) is 16.4 Å². The summed E-state index contributed by atoms with van der Waals surface area (Å²) in [4.78, 5) is 16.6. The van der Waals surface area contributed by atoms with Crippen molar-refractivity contribution in [2.75, 3.05) is 31.6 Å². The number of amides is 1. The lowest BCUT2D eigenvalue weighted by molar-refractivity contribution is -0.118. The summed E-state index contributed by atoms with van der Waals surface area (Å²) >= 11 is 0. The van der Waals surface area contributed by atoms with Gasteiger partial charge in [0, 0.05) is 31.3 Å². The Labute approximate surface area is 198 Å². The van der Waals surface area contributed by atoms with Crippen molar-refractivity contribution in [1.82, 2.24) is 14.4 Å². The molecule has 0 unspecified atom stereocenters. The van der Waals surface area contributed by atoms with Crippen LogP contribution in [0.15, 0.2) is 51.9 Å². The molecule has 0 radical (unpaired) electrons. The first-order chi connectivity index (χ1) is 16.3. The van der Waals surface area contributed by atoms with Crippen LogP contribution < -0.4 is 14.8 Å². The number of sulfonamides is 1. The maximum atomic E-state index is 13.1. The van der Waals surface area contributed by atoms with E-state index in [4.69, 9.17) is 14.0 Å². The van der Waals surface area contributed by atoms with E-state index in [2.05, 4.69) is 15.5 Å². The number of anilines is 1. The lowest BCUT2D eigenvalue weighted by Crippen LogP contribution is -2.31. The van der Waals surface area contributed by atoms with Crippen LogP contribution in [-0.2, 0) is 14.8 Å². The van der Waals surface area contributed by atoms with Gasteiger partial charge < -0.3 is 19.3 Å². The molecule has 0 atom stereocenters. The third-order valence-electron chi connectivity index (χ3n) is 4.86. The first-order valence-corrected chi connectivity index (χ1v) is 12.3. The summed E-state index contributed by atoms with van der Waals surface area (Å²) in [6, 6.07) is 11.4. The smallest absolute Gasteiger partial charge is 0.262 e. The molecule has 0 saturated heterocycles. The number of carbonyl (C=O) groups excluding carboxylic acids is 1. The van der Waals surface area contributed by atoms with Gasteiger partial charge in [0.15, 0.2) is 6.61 Å². The van der Waals surface area contributed by atoms with Crippen LogP contribution in [0.1, 0.15) is 26.7 Å². The van der Waals surface area contributed by atoms with Crippen molar-refractivity contribution in [3.63, 3.8) is 0 Å². The van der Waals surface area contributed by atoms with Gasteiger partial charge >= 0.3 is 0 Å². The maximum Gasteiger partial charge on any atom is 0.262 e. The first-order valence-electron chi connectivity index (χ1n) is 10.9. The van der Waals surface area contributed by atoms with Gasteiger partial charge in [0.25, 0.3) is 5.91 Å². The number of ether oxygens (including phenoxy) is 2. The summed E-state index contributed by atoms with van der Waals surface area (Å²) < 4.78 is 43.5. The zero-order chi connectivity index (χ0) is 24.7. The minimum atomic E-state index is -3.78. The number of rotatable bonds is 11. The molecule has 0 aliphatic heterocycles. The SMILES string of the molecule is CCOc1ccc(NC(=O)COc2ccc(-c3noc(C)n3)cc2)cc1S(=O)(=O)N(CC)CC. The summed E-state index contributed by atoms with van der Waals surface area (Å²) in [5.74, 6) is 1.21. The number of nitrogens with one attached hydrogen (secondary N) is 1. The Balaban J connectivity index is 1.68. The molecule has 0 bridgehead atoms. The Hall–Kier alpha value is -3.44. The van der Waals surface area contributed by atoms with E-state index in [0.29, 0.717) is 42.8 Å². The number of aryl methyl sites for hydroxylation is 1. The molecule has 1 heterocycles. The third kappa shape index (κ3) is 5.91. The fourth-order valence-electron chi connectivity index (χ4n) is 3.23. The molecular formula is C23H28N4O6S. The molecule has 11 heteroatoms. The maximum absolute atomic E-state index is 13.1. The molecule has 0 fully saturated rings. The second-order valence-electron chi connectivity index (χ2n) is 7.18. The van der Waals surface area contributed by atoms with Crippen LogP contribution in [0.2, 0.25) is 0 Å². The van der Waals surface area contributed by atoms with Crippen LogP contribution in [-0.4, -0.2) is 55.1 Å². The summed E-state index contributed by atoms with van der Waals surface area (Å²) in [5.41, 5.74) is 1.08.